The van der Waals surface area contributed by atoms with Crippen molar-refractivity contribution in [1.82, 2.24) is 4.98 Å². The van der Waals surface area contributed by atoms with Gasteiger partial charge in [-0.15, -0.1) is 0 Å². The van der Waals surface area contributed by atoms with E-state index < -0.39 is 5.97 Å². The fourth-order valence-electron chi connectivity index (χ4n) is 3.20. The molecule has 3 rings (SSSR count). The molecule has 0 aliphatic heterocycles. The topological polar surface area (TPSA) is 53.1 Å². The molecule has 1 aromatic heterocycles. The average molecular weight is 307 g/mol. The van der Waals surface area contributed by atoms with E-state index in [0.717, 1.165) is 39.7 Å². The van der Waals surface area contributed by atoms with Gasteiger partial charge in [0, 0.05) is 16.5 Å². The van der Waals surface area contributed by atoms with Gasteiger partial charge in [-0.25, -0.2) is 0 Å². The molecule has 2 N–H and O–H groups in total. The third-order valence-corrected chi connectivity index (χ3v) is 4.40. The standard InChI is InChI=1S/C20H21NO2/c1-4-14-6-5-7-15-17(11-18(22)23)20(21-19(14)15)16-10-12(2)8-9-13(16)3/h5-10,21H,4,11H2,1-3H3,(H,22,23). The number of fused-ring (bicyclic) bond motifs is 1. The molecule has 0 saturated carbocycles. The molecule has 3 nitrogen and oxygen atoms in total. The average Bonchev–Trinajstić information content (AvgIpc) is 2.87. The highest BCUT2D eigenvalue weighted by Crippen LogP contribution is 2.34. The Morgan fingerprint density at radius 2 is 1.96 bits per heavy atom. The van der Waals surface area contributed by atoms with E-state index in [0.29, 0.717) is 0 Å². The van der Waals surface area contributed by atoms with E-state index in [1.807, 2.05) is 12.1 Å². The Bertz CT molecular complexity index is 890. The van der Waals surface area contributed by atoms with Crippen molar-refractivity contribution in [1.29, 1.82) is 0 Å². The number of H-pyrrole nitrogens is 1. The Morgan fingerprint density at radius 1 is 1.17 bits per heavy atom. The number of benzene rings is 2. The molecule has 3 heteroatoms. The van der Waals surface area contributed by atoms with Gasteiger partial charge in [0.05, 0.1) is 12.1 Å². The summed E-state index contributed by atoms with van der Waals surface area (Å²) in [7, 11) is 0. The van der Waals surface area contributed by atoms with E-state index in [1.54, 1.807) is 0 Å². The fourth-order valence-corrected chi connectivity index (χ4v) is 3.20. The maximum Gasteiger partial charge on any atom is 0.307 e. The lowest BCUT2D eigenvalue weighted by Crippen LogP contribution is -2.01. The van der Waals surface area contributed by atoms with E-state index in [-0.39, 0.29) is 6.42 Å². The van der Waals surface area contributed by atoms with Crippen LogP contribution in [0.4, 0.5) is 0 Å². The first-order valence-electron chi connectivity index (χ1n) is 7.93. The second-order valence-corrected chi connectivity index (χ2v) is 6.06. The number of carboxylic acids is 1. The van der Waals surface area contributed by atoms with Crippen molar-refractivity contribution in [3.63, 3.8) is 0 Å². The summed E-state index contributed by atoms with van der Waals surface area (Å²) in [5.41, 5.74) is 7.47. The van der Waals surface area contributed by atoms with Crippen molar-refractivity contribution in [2.75, 3.05) is 0 Å². The summed E-state index contributed by atoms with van der Waals surface area (Å²) in [6.07, 6.45) is 0.937. The highest BCUT2D eigenvalue weighted by molar-refractivity contribution is 5.96. The van der Waals surface area contributed by atoms with E-state index in [1.165, 1.54) is 11.1 Å². The van der Waals surface area contributed by atoms with Crippen LogP contribution in [0.25, 0.3) is 22.2 Å². The predicted octanol–water partition coefficient (Wildman–Crippen LogP) is 4.64. The Hall–Kier alpha value is -2.55. The van der Waals surface area contributed by atoms with Crippen molar-refractivity contribution in [3.05, 3.63) is 58.7 Å². The lowest BCUT2D eigenvalue weighted by atomic mass is 9.97. The number of aromatic amines is 1. The molecule has 118 valence electrons. The summed E-state index contributed by atoms with van der Waals surface area (Å²) < 4.78 is 0. The van der Waals surface area contributed by atoms with Gasteiger partial charge in [0.1, 0.15) is 0 Å². The van der Waals surface area contributed by atoms with E-state index in [9.17, 15) is 9.90 Å². The number of hydrogen-bond donors (Lipinski definition) is 2. The number of carboxylic acid groups (broad SMARTS) is 1. The molecule has 2 aromatic carbocycles. The van der Waals surface area contributed by atoms with Crippen LogP contribution in [-0.4, -0.2) is 16.1 Å². The zero-order chi connectivity index (χ0) is 16.6. The van der Waals surface area contributed by atoms with Crippen LogP contribution in [0.2, 0.25) is 0 Å². The van der Waals surface area contributed by atoms with Crippen LogP contribution in [0.1, 0.15) is 29.2 Å². The van der Waals surface area contributed by atoms with Gasteiger partial charge in [0.2, 0.25) is 0 Å². The summed E-state index contributed by atoms with van der Waals surface area (Å²) in [4.78, 5) is 14.9. The predicted molar refractivity (Wildman–Crippen MR) is 93.9 cm³/mol. The molecule has 0 unspecified atom stereocenters. The minimum absolute atomic E-state index is 0.0237. The molecular weight excluding hydrogens is 286 g/mol. The summed E-state index contributed by atoms with van der Waals surface area (Å²) in [5, 5.41) is 10.4. The van der Waals surface area contributed by atoms with Crippen LogP contribution in [0.3, 0.4) is 0 Å². The number of carbonyl (C=O) groups is 1. The molecule has 3 aromatic rings. The van der Waals surface area contributed by atoms with Gasteiger partial charge >= 0.3 is 5.97 Å². The Balaban J connectivity index is 2.34. The summed E-state index contributed by atoms with van der Waals surface area (Å²) >= 11 is 0. The molecular formula is C20H21NO2. The lowest BCUT2D eigenvalue weighted by Gasteiger charge is -2.08. The number of aliphatic carboxylic acids is 1. The minimum Gasteiger partial charge on any atom is -0.481 e. The second kappa shape index (κ2) is 5.92. The largest absolute Gasteiger partial charge is 0.481 e. The molecule has 0 fully saturated rings. The number of aromatic nitrogens is 1. The number of aryl methyl sites for hydroxylation is 3. The van der Waals surface area contributed by atoms with Crippen molar-refractivity contribution < 1.29 is 9.90 Å². The van der Waals surface area contributed by atoms with Crippen LogP contribution < -0.4 is 0 Å². The van der Waals surface area contributed by atoms with Crippen LogP contribution >= 0.6 is 0 Å². The van der Waals surface area contributed by atoms with Crippen molar-refractivity contribution in [3.8, 4) is 11.3 Å². The van der Waals surface area contributed by atoms with Gasteiger partial charge in [0.25, 0.3) is 0 Å². The van der Waals surface area contributed by atoms with E-state index in [2.05, 4.69) is 50.0 Å². The molecule has 0 radical (unpaired) electrons. The number of rotatable bonds is 4. The molecule has 0 atom stereocenters. The normalized spacial score (nSPS) is 11.1. The summed E-state index contributed by atoms with van der Waals surface area (Å²) in [5.74, 6) is -0.806. The molecule has 1 heterocycles. The zero-order valence-electron chi connectivity index (χ0n) is 13.7. The second-order valence-electron chi connectivity index (χ2n) is 6.06. The lowest BCUT2D eigenvalue weighted by molar-refractivity contribution is -0.136. The Kier molecular flexibility index (Phi) is 3.95. The van der Waals surface area contributed by atoms with Crippen LogP contribution in [-0.2, 0) is 17.6 Å². The van der Waals surface area contributed by atoms with Crippen molar-refractivity contribution >= 4 is 16.9 Å². The van der Waals surface area contributed by atoms with E-state index in [4.69, 9.17) is 0 Å². The Labute approximate surface area is 136 Å². The zero-order valence-corrected chi connectivity index (χ0v) is 13.7. The van der Waals surface area contributed by atoms with Gasteiger partial charge in [-0.1, -0.05) is 42.8 Å². The quantitative estimate of drug-likeness (QED) is 0.737. The van der Waals surface area contributed by atoms with Crippen molar-refractivity contribution in [2.45, 2.75) is 33.6 Å². The minimum atomic E-state index is -0.806. The van der Waals surface area contributed by atoms with Gasteiger partial charge < -0.3 is 10.1 Å². The third-order valence-electron chi connectivity index (χ3n) is 4.40. The van der Waals surface area contributed by atoms with Gasteiger partial charge in [-0.05, 0) is 43.0 Å². The highest BCUT2D eigenvalue weighted by atomic mass is 16.4. The maximum atomic E-state index is 11.4. The molecule has 0 aliphatic rings. The molecule has 23 heavy (non-hydrogen) atoms. The first-order chi connectivity index (χ1) is 11.0. The first kappa shape index (κ1) is 15.3. The van der Waals surface area contributed by atoms with Gasteiger partial charge in [-0.2, -0.15) is 0 Å². The molecule has 0 amide bonds. The maximum absolute atomic E-state index is 11.4. The van der Waals surface area contributed by atoms with Gasteiger partial charge in [-0.3, -0.25) is 4.79 Å². The SMILES string of the molecule is CCc1cccc2c(CC(=O)O)c(-c3cc(C)ccc3C)[nH]c12. The van der Waals surface area contributed by atoms with Gasteiger partial charge in [0.15, 0.2) is 0 Å². The summed E-state index contributed by atoms with van der Waals surface area (Å²) in [6.45, 7) is 6.23. The Morgan fingerprint density at radius 3 is 2.65 bits per heavy atom. The fraction of sp³-hybridized carbons (Fsp3) is 0.250. The van der Waals surface area contributed by atoms with Crippen LogP contribution in [0, 0.1) is 13.8 Å². The van der Waals surface area contributed by atoms with Crippen LogP contribution in [0.15, 0.2) is 36.4 Å². The molecule has 0 bridgehead atoms. The molecule has 0 saturated heterocycles. The highest BCUT2D eigenvalue weighted by Gasteiger charge is 2.18. The monoisotopic (exact) mass is 307 g/mol. The third kappa shape index (κ3) is 2.74. The molecule has 0 spiro atoms. The first-order valence-corrected chi connectivity index (χ1v) is 7.93. The van der Waals surface area contributed by atoms with E-state index >= 15 is 0 Å². The number of hydrogen-bond acceptors (Lipinski definition) is 1. The number of para-hydroxylation sites is 1. The number of nitrogens with one attached hydrogen (secondary N) is 1. The van der Waals surface area contributed by atoms with Crippen LogP contribution in [0.5, 0.6) is 0 Å². The molecule has 0 aliphatic carbocycles. The summed E-state index contributed by atoms with van der Waals surface area (Å²) in [6, 6.07) is 12.4. The van der Waals surface area contributed by atoms with Crippen molar-refractivity contribution in [2.24, 2.45) is 0 Å². The smallest absolute Gasteiger partial charge is 0.307 e.